The van der Waals surface area contributed by atoms with Gasteiger partial charge >= 0.3 is 156 Å². The molecule has 0 aromatic rings. The molecule has 0 amide bonds. The molecule has 0 aliphatic rings. The van der Waals surface area contributed by atoms with E-state index in [0.29, 0.717) is 0 Å². The van der Waals surface area contributed by atoms with Crippen LogP contribution >= 0.6 is 0 Å². The van der Waals surface area contributed by atoms with Gasteiger partial charge in [-0.15, -0.1) is 0 Å². The quantitative estimate of drug-likeness (QED) is 0.179. The number of hydrogen-bond donors (Lipinski definition) is 0. The maximum absolute atomic E-state index is 8.52. The van der Waals surface area contributed by atoms with Crippen molar-refractivity contribution in [3.8, 4) is 0 Å². The summed E-state index contributed by atoms with van der Waals surface area (Å²) in [5, 5.41) is 33.3. The summed E-state index contributed by atoms with van der Waals surface area (Å²) in [7, 11) is -5.17. The van der Waals surface area contributed by atoms with Crippen LogP contribution in [0.5, 0.6) is 0 Å². The summed E-state index contributed by atoms with van der Waals surface area (Å²) in [6.45, 7) is 0. The van der Waals surface area contributed by atoms with Gasteiger partial charge in [-0.05, 0) is 12.3 Å². The minimum absolute atomic E-state index is 0. The number of carbonyl (C=O) groups is 2. The summed E-state index contributed by atoms with van der Waals surface area (Å²) < 4.78 is 34.1. The molecule has 17 heteroatoms. The predicted molar refractivity (Wildman–Crippen MR) is 50.7 cm³/mol. The maximum atomic E-state index is 8.52. The van der Waals surface area contributed by atoms with E-state index in [1.54, 1.807) is 0 Å². The number of carbonyl (C=O) groups excluding carboxylic acids is 2. The van der Waals surface area contributed by atoms with Crippen molar-refractivity contribution in [2.75, 3.05) is 0 Å². The second kappa shape index (κ2) is 37.6. The van der Waals surface area contributed by atoms with Gasteiger partial charge < -0.3 is 44.6 Å². The van der Waals surface area contributed by atoms with Crippen LogP contribution in [0.25, 0.3) is 0 Å². The Kier molecular flexibility index (Phi) is 113. The smallest absolute Gasteiger partial charge is 2.00 e. The van der Waals surface area contributed by atoms with Crippen LogP contribution in [0.2, 0.25) is 0 Å². The third kappa shape index (κ3) is 667. The fourth-order valence-electron chi connectivity index (χ4n) is 0. The molecule has 88 valence electrons. The summed E-state index contributed by atoms with van der Waals surface area (Å²) >= 11 is 0. The second-order valence-electron chi connectivity index (χ2n) is 0.908. The molecule has 0 atom stereocenters. The first kappa shape index (κ1) is 57.1. The standard InChI is InChI=1S/2CH2O3.Ba.Ca.3Mg.H2O4S.O/c2*2-1(3)4;;;;;;1-5(2,3)4;/h2*(H2,2,3,4);;;;;;(H2,1,2,3,4);/q;;5*+2;;-2/p-6. The zero-order valence-electron chi connectivity index (χ0n) is 9.43. The molecule has 0 aromatic heterocycles. The van der Waals surface area contributed by atoms with Gasteiger partial charge in [0.1, 0.15) is 0 Å². The molecule has 0 aliphatic heterocycles. The van der Waals surface area contributed by atoms with Crippen molar-refractivity contribution < 1.29 is 53.0 Å². The molecule has 19 heavy (non-hydrogen) atoms. The third-order valence-corrected chi connectivity index (χ3v) is 0. The van der Waals surface area contributed by atoms with Crippen molar-refractivity contribution in [2.24, 2.45) is 0 Å². The average Bonchev–Trinajstić information content (AvgIpc) is 1.50. The van der Waals surface area contributed by atoms with Crippen LogP contribution in [0.1, 0.15) is 0 Å². The predicted octanol–water partition coefficient (Wildman–Crippen LogP) is -8.25. The number of hydrogen-bond acceptors (Lipinski definition) is 10. The third-order valence-electron chi connectivity index (χ3n) is 0. The van der Waals surface area contributed by atoms with E-state index < -0.39 is 22.7 Å². The van der Waals surface area contributed by atoms with Gasteiger partial charge in [0.25, 0.3) is 0 Å². The Bertz CT molecular complexity index is 231. The largest absolute Gasteiger partial charge is 2.00 e. The molecule has 0 aromatic carbocycles. The van der Waals surface area contributed by atoms with Crippen LogP contribution in [-0.4, -0.2) is 186 Å². The van der Waals surface area contributed by atoms with E-state index in [2.05, 4.69) is 0 Å². The Morgan fingerprint density at radius 3 is 0.737 bits per heavy atom. The van der Waals surface area contributed by atoms with Gasteiger partial charge in [-0.1, -0.05) is 0 Å². The van der Waals surface area contributed by atoms with Crippen LogP contribution in [0, 0.1) is 0 Å². The first-order valence-corrected chi connectivity index (χ1v) is 3.22. The molecule has 11 nitrogen and oxygen atoms in total. The van der Waals surface area contributed by atoms with Crippen molar-refractivity contribution >= 4 is 178 Å². The fourth-order valence-corrected chi connectivity index (χ4v) is 0. The van der Waals surface area contributed by atoms with Gasteiger partial charge in [-0.3, -0.25) is 8.42 Å². The van der Waals surface area contributed by atoms with Crippen LogP contribution in [0.15, 0.2) is 0 Å². The van der Waals surface area contributed by atoms with E-state index in [1.165, 1.54) is 0 Å². The molecule has 0 aliphatic carbocycles. The first-order valence-electron chi connectivity index (χ1n) is 1.89. The summed E-state index contributed by atoms with van der Waals surface area (Å²) in [6.07, 6.45) is -4.67. The minimum atomic E-state index is -5.17. The summed E-state index contributed by atoms with van der Waals surface area (Å²) in [5.74, 6) is 0. The first-order chi connectivity index (χ1) is 5.46. The van der Waals surface area contributed by atoms with E-state index in [9.17, 15) is 0 Å². The van der Waals surface area contributed by atoms with Gasteiger partial charge in [0.15, 0.2) is 0 Å². The number of carboxylic acid groups (broad SMARTS) is 4. The van der Waals surface area contributed by atoms with Gasteiger partial charge in [0.05, 0.1) is 0 Å². The van der Waals surface area contributed by atoms with Crippen LogP contribution in [-0.2, 0) is 15.9 Å². The Labute approximate surface area is 226 Å². The second-order valence-corrected chi connectivity index (χ2v) is 1.72. The zero-order valence-corrected chi connectivity index (χ0v) is 21.1. The van der Waals surface area contributed by atoms with Gasteiger partial charge in [-0.25, -0.2) is 0 Å². The molecule has 0 N–H and O–H groups in total. The van der Waals surface area contributed by atoms with Crippen LogP contribution < -0.4 is 20.4 Å². The summed E-state index contributed by atoms with van der Waals surface area (Å²) in [4.78, 5) is 16.7. The van der Waals surface area contributed by atoms with Crippen molar-refractivity contribution in [1.82, 2.24) is 0 Å². The Morgan fingerprint density at radius 2 is 0.737 bits per heavy atom. The average molecular weight is 482 g/mol. The molecule has 0 heterocycles. The molecular formula is C2BaCaMg3O11S+2. The molecule has 0 rings (SSSR count). The van der Waals surface area contributed by atoms with E-state index in [0.717, 1.165) is 0 Å². The van der Waals surface area contributed by atoms with E-state index in [1.807, 2.05) is 0 Å². The van der Waals surface area contributed by atoms with E-state index in [-0.39, 0.29) is 161 Å². The maximum Gasteiger partial charge on any atom is 2.00 e. The van der Waals surface area contributed by atoms with Gasteiger partial charge in [-0.2, -0.15) is 0 Å². The zero-order chi connectivity index (χ0) is 11.7. The molecule has 0 radical (unpaired) electrons. The van der Waals surface area contributed by atoms with E-state index in [4.69, 9.17) is 47.5 Å². The van der Waals surface area contributed by atoms with Gasteiger partial charge in [0.2, 0.25) is 0 Å². The van der Waals surface area contributed by atoms with Gasteiger partial charge in [0, 0.05) is 10.4 Å². The van der Waals surface area contributed by atoms with Crippen molar-refractivity contribution in [3.63, 3.8) is 0 Å². The Hall–Kier alpha value is 3.50. The molecular weight excluding hydrogens is 482 g/mol. The molecule has 0 unspecified atom stereocenters. The Morgan fingerprint density at radius 1 is 0.737 bits per heavy atom. The van der Waals surface area contributed by atoms with E-state index >= 15 is 0 Å². The number of rotatable bonds is 0. The van der Waals surface area contributed by atoms with Crippen molar-refractivity contribution in [1.29, 1.82) is 0 Å². The molecule has 0 fully saturated rings. The van der Waals surface area contributed by atoms with Crippen molar-refractivity contribution in [3.05, 3.63) is 0 Å². The molecule has 0 saturated carbocycles. The minimum Gasteiger partial charge on any atom is -2.00 e. The topological polar surface area (TPSA) is 235 Å². The normalized spacial score (nSPS) is 5.58. The summed E-state index contributed by atoms with van der Waals surface area (Å²) in [6, 6.07) is 0. The molecule has 0 bridgehead atoms. The molecule has 0 saturated heterocycles. The summed E-state index contributed by atoms with van der Waals surface area (Å²) in [5.41, 5.74) is 0. The SMILES string of the molecule is O=C([O-])[O-].O=C([O-])[O-].O=S(=O)([O-])[O-].[Ba+2].[Ca+2].[Mg+2].[Mg+2].[Mg+2].[O-2]. The monoisotopic (exact) mass is 482 g/mol. The molecule has 0 spiro atoms. The van der Waals surface area contributed by atoms with Crippen LogP contribution in [0.3, 0.4) is 0 Å². The van der Waals surface area contributed by atoms with Crippen LogP contribution in [0.4, 0.5) is 9.59 Å². The van der Waals surface area contributed by atoms with Crippen molar-refractivity contribution in [2.45, 2.75) is 0 Å². The fraction of sp³-hybridized carbons (Fsp3) is 0. The Balaban J connectivity index is -0.00000000980.